The predicted molar refractivity (Wildman–Crippen MR) is 44.2 cm³/mol. The lowest BCUT2D eigenvalue weighted by Gasteiger charge is -2.11. The number of carbonyl (C=O) groups is 1. The van der Waals surface area contributed by atoms with Crippen LogP contribution in [-0.4, -0.2) is 16.2 Å². The maximum absolute atomic E-state index is 10.3. The summed E-state index contributed by atoms with van der Waals surface area (Å²) in [7, 11) is 0. The van der Waals surface area contributed by atoms with Gasteiger partial charge in [0, 0.05) is 0 Å². The number of carboxylic acid groups (broad SMARTS) is 1. The standard InChI is InChI=1S/C8H10N2O2/c9-10(8(11)12)6-7-4-2-1-3-5-7/h1-5H,6,9H2,(H,11,12). The highest BCUT2D eigenvalue weighted by Gasteiger charge is 2.05. The van der Waals surface area contributed by atoms with Crippen LogP contribution in [0.5, 0.6) is 0 Å². The third kappa shape index (κ3) is 2.25. The van der Waals surface area contributed by atoms with Crippen LogP contribution in [0.4, 0.5) is 4.79 Å². The molecule has 4 heteroatoms. The van der Waals surface area contributed by atoms with Crippen molar-refractivity contribution in [2.24, 2.45) is 5.84 Å². The number of nitrogens with zero attached hydrogens (tertiary/aromatic N) is 1. The lowest BCUT2D eigenvalue weighted by Crippen LogP contribution is -2.35. The molecule has 0 aliphatic heterocycles. The first-order chi connectivity index (χ1) is 5.70. The summed E-state index contributed by atoms with van der Waals surface area (Å²) >= 11 is 0. The van der Waals surface area contributed by atoms with E-state index in [1.165, 1.54) is 0 Å². The molecule has 1 aromatic rings. The fourth-order valence-corrected chi connectivity index (χ4v) is 0.848. The molecule has 1 rings (SSSR count). The van der Waals surface area contributed by atoms with Gasteiger partial charge in [0.25, 0.3) is 0 Å². The van der Waals surface area contributed by atoms with E-state index < -0.39 is 6.09 Å². The van der Waals surface area contributed by atoms with Crippen molar-refractivity contribution in [1.82, 2.24) is 5.01 Å². The van der Waals surface area contributed by atoms with Crippen molar-refractivity contribution in [2.75, 3.05) is 0 Å². The quantitative estimate of drug-likeness (QED) is 0.392. The summed E-state index contributed by atoms with van der Waals surface area (Å²) in [6.07, 6.45) is -1.13. The summed E-state index contributed by atoms with van der Waals surface area (Å²) in [5.74, 6) is 5.18. The Labute approximate surface area is 70.2 Å². The van der Waals surface area contributed by atoms with E-state index in [-0.39, 0.29) is 6.54 Å². The fourth-order valence-electron chi connectivity index (χ4n) is 0.848. The van der Waals surface area contributed by atoms with Crippen LogP contribution in [0.25, 0.3) is 0 Å². The van der Waals surface area contributed by atoms with E-state index in [1.54, 1.807) is 0 Å². The van der Waals surface area contributed by atoms with Gasteiger partial charge in [0.1, 0.15) is 0 Å². The third-order valence-electron chi connectivity index (χ3n) is 1.44. The van der Waals surface area contributed by atoms with Gasteiger partial charge in [0.15, 0.2) is 0 Å². The van der Waals surface area contributed by atoms with Crippen molar-refractivity contribution in [3.8, 4) is 0 Å². The zero-order chi connectivity index (χ0) is 8.97. The Morgan fingerprint density at radius 1 is 1.42 bits per heavy atom. The van der Waals surface area contributed by atoms with Crippen molar-refractivity contribution in [3.63, 3.8) is 0 Å². The molecule has 1 aromatic carbocycles. The molecule has 64 valence electrons. The average Bonchev–Trinajstić information content (AvgIpc) is 2.06. The smallest absolute Gasteiger partial charge is 0.421 e. The molecule has 0 saturated heterocycles. The van der Waals surface area contributed by atoms with E-state index in [2.05, 4.69) is 0 Å². The topological polar surface area (TPSA) is 66.6 Å². The predicted octanol–water partition coefficient (Wildman–Crippen LogP) is 1.04. The highest BCUT2D eigenvalue weighted by Crippen LogP contribution is 2.00. The maximum atomic E-state index is 10.3. The normalized spacial score (nSPS) is 9.42. The molecule has 0 saturated carbocycles. The molecule has 0 aliphatic carbocycles. The molecular weight excluding hydrogens is 156 g/mol. The van der Waals surface area contributed by atoms with Crippen molar-refractivity contribution >= 4 is 6.09 Å². The Hall–Kier alpha value is -1.55. The van der Waals surface area contributed by atoms with Crippen LogP contribution in [0.3, 0.4) is 0 Å². The van der Waals surface area contributed by atoms with Gasteiger partial charge in [-0.2, -0.15) is 0 Å². The van der Waals surface area contributed by atoms with Gasteiger partial charge >= 0.3 is 6.09 Å². The van der Waals surface area contributed by atoms with E-state index in [4.69, 9.17) is 10.9 Å². The van der Waals surface area contributed by atoms with Crippen molar-refractivity contribution in [3.05, 3.63) is 35.9 Å². The lowest BCUT2D eigenvalue weighted by molar-refractivity contribution is 0.143. The Balaban J connectivity index is 2.58. The Morgan fingerprint density at radius 3 is 2.50 bits per heavy atom. The van der Waals surface area contributed by atoms with Gasteiger partial charge in [-0.15, -0.1) is 0 Å². The van der Waals surface area contributed by atoms with Gasteiger partial charge in [-0.05, 0) is 5.56 Å². The number of hydrazine groups is 1. The molecule has 0 radical (unpaired) electrons. The molecule has 1 amide bonds. The van der Waals surface area contributed by atoms with Crippen molar-refractivity contribution < 1.29 is 9.90 Å². The van der Waals surface area contributed by atoms with Crippen LogP contribution in [0.2, 0.25) is 0 Å². The van der Waals surface area contributed by atoms with Crippen molar-refractivity contribution in [2.45, 2.75) is 6.54 Å². The summed E-state index contributed by atoms with van der Waals surface area (Å²) in [4.78, 5) is 10.3. The monoisotopic (exact) mass is 166 g/mol. The molecule has 0 aromatic heterocycles. The van der Waals surface area contributed by atoms with Crippen LogP contribution in [0.1, 0.15) is 5.56 Å². The van der Waals surface area contributed by atoms with Crippen LogP contribution < -0.4 is 5.84 Å². The fraction of sp³-hybridized carbons (Fsp3) is 0.125. The molecule has 0 fully saturated rings. The third-order valence-corrected chi connectivity index (χ3v) is 1.44. The highest BCUT2D eigenvalue weighted by atomic mass is 16.4. The SMILES string of the molecule is NN(Cc1ccccc1)C(=O)O. The molecule has 0 atom stereocenters. The second kappa shape index (κ2) is 3.73. The van der Waals surface area contributed by atoms with Gasteiger partial charge in [0.2, 0.25) is 0 Å². The number of amides is 1. The summed E-state index contributed by atoms with van der Waals surface area (Å²) in [6.45, 7) is 0.218. The summed E-state index contributed by atoms with van der Waals surface area (Å²) in [5, 5.41) is 9.19. The van der Waals surface area contributed by atoms with Gasteiger partial charge in [-0.1, -0.05) is 30.3 Å². The Bertz CT molecular complexity index is 261. The van der Waals surface area contributed by atoms with Crippen LogP contribution >= 0.6 is 0 Å². The van der Waals surface area contributed by atoms with Crippen molar-refractivity contribution in [1.29, 1.82) is 0 Å². The van der Waals surface area contributed by atoms with E-state index in [9.17, 15) is 4.79 Å². The van der Waals surface area contributed by atoms with E-state index in [0.29, 0.717) is 0 Å². The molecular formula is C8H10N2O2. The highest BCUT2D eigenvalue weighted by molar-refractivity contribution is 5.64. The number of hydrogen-bond acceptors (Lipinski definition) is 2. The van der Waals surface area contributed by atoms with Gasteiger partial charge < -0.3 is 5.11 Å². The minimum atomic E-state index is -1.13. The van der Waals surface area contributed by atoms with Gasteiger partial charge in [-0.25, -0.2) is 15.6 Å². The second-order valence-corrected chi connectivity index (χ2v) is 2.40. The zero-order valence-electron chi connectivity index (χ0n) is 6.47. The number of benzene rings is 1. The molecule has 0 spiro atoms. The molecule has 3 N–H and O–H groups in total. The summed E-state index contributed by atoms with van der Waals surface area (Å²) in [5.41, 5.74) is 0.877. The molecule has 0 heterocycles. The van der Waals surface area contributed by atoms with Crippen LogP contribution in [0.15, 0.2) is 30.3 Å². The first-order valence-electron chi connectivity index (χ1n) is 3.49. The number of hydrogen-bond donors (Lipinski definition) is 2. The molecule has 12 heavy (non-hydrogen) atoms. The summed E-state index contributed by atoms with van der Waals surface area (Å²) in [6, 6.07) is 9.19. The minimum absolute atomic E-state index is 0.218. The van der Waals surface area contributed by atoms with Gasteiger partial charge in [0.05, 0.1) is 6.54 Å². The zero-order valence-corrected chi connectivity index (χ0v) is 6.47. The Morgan fingerprint density at radius 2 is 2.00 bits per heavy atom. The molecule has 0 bridgehead atoms. The summed E-state index contributed by atoms with van der Waals surface area (Å²) < 4.78 is 0. The minimum Gasteiger partial charge on any atom is -0.464 e. The van der Waals surface area contributed by atoms with E-state index >= 15 is 0 Å². The van der Waals surface area contributed by atoms with Crippen LogP contribution in [-0.2, 0) is 6.54 Å². The lowest BCUT2D eigenvalue weighted by atomic mass is 10.2. The van der Waals surface area contributed by atoms with Gasteiger partial charge in [-0.3, -0.25) is 0 Å². The van der Waals surface area contributed by atoms with E-state index in [1.807, 2.05) is 30.3 Å². The first-order valence-corrected chi connectivity index (χ1v) is 3.49. The first kappa shape index (κ1) is 8.55. The maximum Gasteiger partial charge on any atom is 0.421 e. The number of nitrogens with two attached hydrogens (primary N) is 1. The molecule has 0 aliphatic rings. The second-order valence-electron chi connectivity index (χ2n) is 2.40. The van der Waals surface area contributed by atoms with Crippen LogP contribution in [0, 0.1) is 0 Å². The average molecular weight is 166 g/mol. The van der Waals surface area contributed by atoms with E-state index in [0.717, 1.165) is 10.6 Å². The molecule has 0 unspecified atom stereocenters. The Kier molecular flexibility index (Phi) is 2.66. The largest absolute Gasteiger partial charge is 0.464 e. The number of rotatable bonds is 2. The molecule has 4 nitrogen and oxygen atoms in total.